The summed E-state index contributed by atoms with van der Waals surface area (Å²) in [6, 6.07) is 2.01. The molecule has 53 heavy (non-hydrogen) atoms. The summed E-state index contributed by atoms with van der Waals surface area (Å²) in [4.78, 5) is 121. The molecule has 21 nitrogen and oxygen atoms in total. The van der Waals surface area contributed by atoms with Crippen LogP contribution in [-0.2, 0) is 40.1 Å². The zero-order valence-electron chi connectivity index (χ0n) is 27.7. The first-order valence-corrected chi connectivity index (χ1v) is 16.9. The molecular weight excluding hydrogens is 720 g/mol. The Bertz CT molecular complexity index is 2070. The lowest BCUT2D eigenvalue weighted by Gasteiger charge is -2.33. The molecule has 1 spiro atoms. The van der Waals surface area contributed by atoms with Gasteiger partial charge in [-0.05, 0) is 44.0 Å². The van der Waals surface area contributed by atoms with E-state index in [0.717, 1.165) is 11.8 Å². The fourth-order valence-electron chi connectivity index (χ4n) is 6.19. The van der Waals surface area contributed by atoms with Gasteiger partial charge < -0.3 is 26.6 Å². The van der Waals surface area contributed by atoms with E-state index < -0.39 is 64.5 Å². The van der Waals surface area contributed by atoms with E-state index in [9.17, 15) is 43.8 Å². The van der Waals surface area contributed by atoms with Gasteiger partial charge in [-0.25, -0.2) is 19.6 Å². The van der Waals surface area contributed by atoms with E-state index in [0.29, 0.717) is 11.4 Å². The van der Waals surface area contributed by atoms with Gasteiger partial charge in [0.2, 0.25) is 22.9 Å². The van der Waals surface area contributed by atoms with Gasteiger partial charge in [0, 0.05) is 29.8 Å². The lowest BCUT2D eigenvalue weighted by Crippen LogP contribution is -2.57. The number of fused-ring (bicyclic) bond motifs is 1. The van der Waals surface area contributed by atoms with Crippen molar-refractivity contribution >= 4 is 76.2 Å². The second-order valence-electron chi connectivity index (χ2n) is 12.0. The van der Waals surface area contributed by atoms with Crippen LogP contribution < -0.4 is 27.2 Å². The summed E-state index contributed by atoms with van der Waals surface area (Å²) >= 11 is 1.14. The summed E-state index contributed by atoms with van der Waals surface area (Å²) < 4.78 is 0. The molecule has 0 radical (unpaired) electrons. The van der Waals surface area contributed by atoms with Crippen LogP contribution in [0.5, 0.6) is 0 Å². The summed E-state index contributed by atoms with van der Waals surface area (Å²) in [5.74, 6) is -4.35. The highest BCUT2D eigenvalue weighted by Gasteiger charge is 2.69. The van der Waals surface area contributed by atoms with Gasteiger partial charge in [-0.15, -0.1) is 0 Å². The standard InChI is InChI=1S/C30H32N10O9S.CO2/c1-13-25(44)40-20(28(48)49)12-50-30(40)38-18(26(45)39(13)30)8-6-17(41)7-9-19(27(46)47)35-23(42)14-2-4-15(5-3-14)32-10-16-11-33-22-21(34-16)24(43)37-29(31)36-22;2-1-3/h2-5,11,13,18-20,32,38H,6-10,12H2,1H3,(H,35,42)(H,46,47)(H,48,49)(H3,31,33,36,37,43);/t13-,18-,19+,20-,30+;/m0./s1. The number of nitrogen functional groups attached to an aromatic ring is 1. The zero-order chi connectivity index (χ0) is 38.6. The third-order valence-electron chi connectivity index (χ3n) is 8.71. The Morgan fingerprint density at radius 1 is 1.08 bits per heavy atom. The number of aromatic nitrogens is 4. The van der Waals surface area contributed by atoms with Crippen molar-refractivity contribution in [3.63, 3.8) is 0 Å². The van der Waals surface area contributed by atoms with Crippen LogP contribution in [0.1, 0.15) is 48.7 Å². The molecule has 1 aromatic carbocycles. The summed E-state index contributed by atoms with van der Waals surface area (Å²) in [5, 5.41) is 26.6. The lowest BCUT2D eigenvalue weighted by molar-refractivity contribution is -0.191. The van der Waals surface area contributed by atoms with Gasteiger partial charge in [0.25, 0.3) is 11.5 Å². The van der Waals surface area contributed by atoms with Gasteiger partial charge in [-0.2, -0.15) is 14.6 Å². The van der Waals surface area contributed by atoms with E-state index in [2.05, 4.69) is 35.9 Å². The summed E-state index contributed by atoms with van der Waals surface area (Å²) in [6.45, 7) is 1.73. The van der Waals surface area contributed by atoms with Crippen molar-refractivity contribution < 1.29 is 48.6 Å². The highest BCUT2D eigenvalue weighted by Crippen LogP contribution is 2.50. The number of rotatable bonds is 13. The first-order valence-electron chi connectivity index (χ1n) is 15.9. The molecule has 3 aromatic rings. The number of Topliss-reactive ketones (excluding diaryl/α,β-unsaturated/α-hetero) is 1. The number of H-pyrrole nitrogens is 1. The molecule has 5 heterocycles. The lowest BCUT2D eigenvalue weighted by atomic mass is 10.0. The molecule has 0 bridgehead atoms. The fourth-order valence-corrected chi connectivity index (χ4v) is 7.84. The number of hydrogen-bond donors (Lipinski definition) is 7. The maximum Gasteiger partial charge on any atom is 0.373 e. The van der Waals surface area contributed by atoms with E-state index in [4.69, 9.17) is 15.3 Å². The van der Waals surface area contributed by atoms with Crippen LogP contribution in [0.4, 0.5) is 11.6 Å². The first-order chi connectivity index (χ1) is 25.2. The number of nitrogens with one attached hydrogen (secondary N) is 4. The monoisotopic (exact) mass is 752 g/mol. The van der Waals surface area contributed by atoms with Crippen molar-refractivity contribution in [1.29, 1.82) is 0 Å². The van der Waals surface area contributed by atoms with Crippen LogP contribution in [0.2, 0.25) is 0 Å². The minimum atomic E-state index is -1.36. The fraction of sp³-hybridized carbons (Fsp3) is 0.387. The summed E-state index contributed by atoms with van der Waals surface area (Å²) in [7, 11) is 0. The van der Waals surface area contributed by atoms with E-state index in [-0.39, 0.29) is 72.6 Å². The van der Waals surface area contributed by atoms with E-state index in [1.165, 1.54) is 35.1 Å². The molecule has 3 saturated heterocycles. The Morgan fingerprint density at radius 3 is 2.43 bits per heavy atom. The van der Waals surface area contributed by atoms with Crippen molar-refractivity contribution in [2.75, 3.05) is 16.8 Å². The molecular formula is C31H32N10O11S. The third kappa shape index (κ3) is 7.68. The molecule has 3 aliphatic rings. The molecule has 0 saturated carbocycles. The average molecular weight is 753 g/mol. The number of hydrogen-bond acceptors (Lipinski definition) is 16. The number of benzene rings is 1. The van der Waals surface area contributed by atoms with Crippen molar-refractivity contribution in [2.45, 2.75) is 68.4 Å². The SMILES string of the molecule is C[C@H]1C(=O)N2[C@H](C(=O)O)CS[C@@]23N[C@@H](CCC(=O)CC[C@@H](NC(=O)c2ccc(NCc4cnc5nc(N)[nH]c(=O)c5n4)cc2)C(=O)O)C(=O)N13.O=C=O. The van der Waals surface area contributed by atoms with Crippen LogP contribution >= 0.6 is 11.8 Å². The normalized spacial score (nSPS) is 21.9. The molecule has 5 atom stereocenters. The number of carbonyl (C=O) groups excluding carboxylic acids is 6. The highest BCUT2D eigenvalue weighted by atomic mass is 32.2. The van der Waals surface area contributed by atoms with Crippen LogP contribution in [0.25, 0.3) is 11.2 Å². The average Bonchev–Trinajstić information content (AvgIpc) is 3.70. The molecule has 3 amide bonds. The predicted molar refractivity (Wildman–Crippen MR) is 180 cm³/mol. The molecule has 3 fully saturated rings. The molecule has 0 aliphatic carbocycles. The van der Waals surface area contributed by atoms with Gasteiger partial charge in [0.1, 0.15) is 23.9 Å². The van der Waals surface area contributed by atoms with Gasteiger partial charge in [0.15, 0.2) is 11.2 Å². The number of amides is 3. The quantitative estimate of drug-likeness (QED) is 0.104. The molecule has 278 valence electrons. The minimum absolute atomic E-state index is 0.0337. The number of ketones is 1. The Labute approximate surface area is 302 Å². The molecule has 8 N–H and O–H groups in total. The van der Waals surface area contributed by atoms with Crippen molar-refractivity contribution in [1.82, 2.24) is 40.4 Å². The summed E-state index contributed by atoms with van der Waals surface area (Å²) in [5.41, 5.74) is 6.37. The molecule has 22 heteroatoms. The highest BCUT2D eigenvalue weighted by molar-refractivity contribution is 8.00. The minimum Gasteiger partial charge on any atom is -0.480 e. The molecule has 3 aliphatic heterocycles. The smallest absolute Gasteiger partial charge is 0.373 e. The number of anilines is 2. The number of carbonyl (C=O) groups is 6. The number of nitrogens with zero attached hydrogens (tertiary/aromatic N) is 5. The Kier molecular flexibility index (Phi) is 11.1. The zero-order valence-corrected chi connectivity index (χ0v) is 28.5. The maximum absolute atomic E-state index is 13.2. The van der Waals surface area contributed by atoms with Crippen molar-refractivity contribution in [3.8, 4) is 0 Å². The van der Waals surface area contributed by atoms with Crippen LogP contribution in [0.15, 0.2) is 35.3 Å². The van der Waals surface area contributed by atoms with Crippen LogP contribution in [-0.4, -0.2) is 117 Å². The number of aromatic amines is 1. The Morgan fingerprint density at radius 2 is 1.77 bits per heavy atom. The second kappa shape index (κ2) is 15.6. The van der Waals surface area contributed by atoms with E-state index in [1.807, 2.05) is 0 Å². The molecule has 2 aromatic heterocycles. The first kappa shape index (κ1) is 38.0. The van der Waals surface area contributed by atoms with Crippen molar-refractivity contribution in [2.24, 2.45) is 0 Å². The molecule has 0 unspecified atom stereocenters. The van der Waals surface area contributed by atoms with Gasteiger partial charge in [-0.3, -0.25) is 44.1 Å². The number of aliphatic carboxylic acids is 2. The van der Waals surface area contributed by atoms with Crippen LogP contribution in [0.3, 0.4) is 0 Å². The van der Waals surface area contributed by atoms with Gasteiger partial charge in [-0.1, -0.05) is 11.8 Å². The number of carboxylic acids is 2. The maximum atomic E-state index is 13.2. The van der Waals surface area contributed by atoms with Crippen LogP contribution in [0, 0.1) is 0 Å². The number of carboxylic acid groups (broad SMARTS) is 2. The molecule has 6 rings (SSSR count). The third-order valence-corrected chi connectivity index (χ3v) is 10.1. The Balaban J connectivity index is 0.00000175. The predicted octanol–water partition coefficient (Wildman–Crippen LogP) is -1.52. The largest absolute Gasteiger partial charge is 0.480 e. The summed E-state index contributed by atoms with van der Waals surface area (Å²) in [6.07, 6.45) is 1.31. The number of nitrogens with two attached hydrogens (primary N) is 1. The topological polar surface area (TPSA) is 317 Å². The van der Waals surface area contributed by atoms with E-state index in [1.54, 1.807) is 12.1 Å². The van der Waals surface area contributed by atoms with Gasteiger partial charge >= 0.3 is 18.1 Å². The van der Waals surface area contributed by atoms with Gasteiger partial charge in [0.05, 0.1) is 24.5 Å². The Hall–Kier alpha value is -6.25. The van der Waals surface area contributed by atoms with Crippen molar-refractivity contribution in [3.05, 3.63) is 52.1 Å². The number of thioether (sulfide) groups is 1. The van der Waals surface area contributed by atoms with E-state index >= 15 is 0 Å². The second-order valence-corrected chi connectivity index (χ2v) is 13.2.